The fraction of sp³-hybridized carbons (Fsp3) is 0.450. The van der Waals surface area contributed by atoms with E-state index in [1.54, 1.807) is 9.58 Å². The number of hydrogen-bond donors (Lipinski definition) is 0. The zero-order valence-corrected chi connectivity index (χ0v) is 16.2. The third-order valence-corrected chi connectivity index (χ3v) is 4.86. The smallest absolute Gasteiger partial charge is 0.410 e. The van der Waals surface area contributed by atoms with E-state index < -0.39 is 5.60 Å². The number of amides is 1. The van der Waals surface area contributed by atoms with Gasteiger partial charge >= 0.3 is 6.09 Å². The molecule has 0 saturated carbocycles. The van der Waals surface area contributed by atoms with Crippen molar-refractivity contribution in [1.29, 1.82) is 0 Å². The van der Waals surface area contributed by atoms with Crippen molar-refractivity contribution in [1.82, 2.24) is 24.3 Å². The Balaban J connectivity index is 1.54. The number of aromatic nitrogens is 4. The Morgan fingerprint density at radius 2 is 1.96 bits per heavy atom. The van der Waals surface area contributed by atoms with Crippen LogP contribution in [0.3, 0.4) is 0 Å². The Hall–Kier alpha value is -2.83. The van der Waals surface area contributed by atoms with Crippen molar-refractivity contribution in [2.45, 2.75) is 38.7 Å². The minimum Gasteiger partial charge on any atom is -0.444 e. The molecule has 0 radical (unpaired) electrons. The van der Waals surface area contributed by atoms with Crippen LogP contribution in [0.1, 0.15) is 38.7 Å². The molecule has 1 amide bonds. The summed E-state index contributed by atoms with van der Waals surface area (Å²) in [5.41, 5.74) is 3.93. The van der Waals surface area contributed by atoms with Crippen LogP contribution < -0.4 is 0 Å². The number of hydrogen-bond acceptors (Lipinski definition) is 4. The molecule has 1 aliphatic heterocycles. The van der Waals surface area contributed by atoms with E-state index in [4.69, 9.17) is 4.74 Å². The summed E-state index contributed by atoms with van der Waals surface area (Å²) in [6, 6.07) is 4.19. The normalized spacial score (nSPS) is 17.6. The highest BCUT2D eigenvalue weighted by molar-refractivity contribution is 5.69. The van der Waals surface area contributed by atoms with E-state index in [9.17, 15) is 4.79 Å². The largest absolute Gasteiger partial charge is 0.444 e. The van der Waals surface area contributed by atoms with Crippen molar-refractivity contribution in [3.05, 3.63) is 42.5 Å². The zero-order valence-electron chi connectivity index (χ0n) is 16.2. The van der Waals surface area contributed by atoms with Gasteiger partial charge in [0.15, 0.2) is 0 Å². The van der Waals surface area contributed by atoms with Crippen molar-refractivity contribution in [2.24, 2.45) is 7.05 Å². The number of likely N-dealkylation sites (tertiary alicyclic amines) is 1. The topological polar surface area (TPSA) is 64.7 Å². The van der Waals surface area contributed by atoms with Gasteiger partial charge in [0.2, 0.25) is 0 Å². The summed E-state index contributed by atoms with van der Waals surface area (Å²) in [4.78, 5) is 14.1. The molecule has 0 N–H and O–H groups in total. The highest BCUT2D eigenvalue weighted by Crippen LogP contribution is 2.32. The molecule has 0 bridgehead atoms. The van der Waals surface area contributed by atoms with Crippen molar-refractivity contribution < 1.29 is 9.53 Å². The molecule has 3 aromatic heterocycles. The lowest BCUT2D eigenvalue weighted by Crippen LogP contribution is -2.35. The van der Waals surface area contributed by atoms with Crippen LogP contribution >= 0.6 is 0 Å². The lowest BCUT2D eigenvalue weighted by atomic mass is 9.99. The molecule has 3 aromatic rings. The fourth-order valence-corrected chi connectivity index (χ4v) is 3.57. The molecule has 7 heteroatoms. The van der Waals surface area contributed by atoms with Gasteiger partial charge in [-0.05, 0) is 33.3 Å². The van der Waals surface area contributed by atoms with Gasteiger partial charge in [0.05, 0.1) is 17.9 Å². The van der Waals surface area contributed by atoms with E-state index in [1.165, 1.54) is 5.56 Å². The van der Waals surface area contributed by atoms with E-state index in [-0.39, 0.29) is 12.0 Å². The average Bonchev–Trinajstić information content (AvgIpc) is 3.31. The maximum atomic E-state index is 12.3. The Kier molecular flexibility index (Phi) is 4.17. The summed E-state index contributed by atoms with van der Waals surface area (Å²) in [5.74, 6) is 0.277. The second kappa shape index (κ2) is 6.40. The lowest BCUT2D eigenvalue weighted by molar-refractivity contribution is 0.0292. The summed E-state index contributed by atoms with van der Waals surface area (Å²) in [6.07, 6.45) is 8.47. The SMILES string of the molecule is Cn1cc(-c2ccc3c(C4CCN(C(=O)OC(C)(C)C)C4)cnn3c2)cn1. The Labute approximate surface area is 158 Å². The maximum absolute atomic E-state index is 12.3. The summed E-state index contributed by atoms with van der Waals surface area (Å²) in [5, 5.41) is 8.77. The van der Waals surface area contributed by atoms with Crippen LogP contribution in [0.2, 0.25) is 0 Å². The van der Waals surface area contributed by atoms with Gasteiger partial charge in [-0.1, -0.05) is 6.07 Å². The maximum Gasteiger partial charge on any atom is 0.410 e. The van der Waals surface area contributed by atoms with Gasteiger partial charge in [0, 0.05) is 55.1 Å². The van der Waals surface area contributed by atoms with E-state index in [2.05, 4.69) is 22.3 Å². The van der Waals surface area contributed by atoms with Gasteiger partial charge in [-0.15, -0.1) is 0 Å². The van der Waals surface area contributed by atoms with Crippen molar-refractivity contribution in [3.63, 3.8) is 0 Å². The van der Waals surface area contributed by atoms with Crippen LogP contribution in [0.4, 0.5) is 4.79 Å². The molecule has 1 saturated heterocycles. The molecule has 0 spiro atoms. The van der Waals surface area contributed by atoms with Gasteiger partial charge < -0.3 is 9.64 Å². The lowest BCUT2D eigenvalue weighted by Gasteiger charge is -2.24. The quantitative estimate of drug-likeness (QED) is 0.696. The Morgan fingerprint density at radius 1 is 1.15 bits per heavy atom. The molecule has 0 aromatic carbocycles. The Bertz CT molecular complexity index is 982. The first-order chi connectivity index (χ1) is 12.8. The fourth-order valence-electron chi connectivity index (χ4n) is 3.57. The predicted molar refractivity (Wildman–Crippen MR) is 103 cm³/mol. The highest BCUT2D eigenvalue weighted by atomic mass is 16.6. The van der Waals surface area contributed by atoms with Gasteiger partial charge in [-0.3, -0.25) is 4.68 Å². The molecule has 4 heterocycles. The molecule has 1 fully saturated rings. The third-order valence-electron chi connectivity index (χ3n) is 4.86. The standard InChI is InChI=1S/C20H25N5O2/c1-20(2,3)27-19(26)24-8-7-15(12-24)17-10-22-25-13-14(5-6-18(17)25)16-9-21-23(4)11-16/h5-6,9-11,13,15H,7-8,12H2,1-4H3. The van der Waals surface area contributed by atoms with Crippen LogP contribution in [0, 0.1) is 0 Å². The van der Waals surface area contributed by atoms with E-state index >= 15 is 0 Å². The first kappa shape index (κ1) is 17.6. The predicted octanol–water partition coefficient (Wildman–Crippen LogP) is 3.46. The van der Waals surface area contributed by atoms with Crippen molar-refractivity contribution >= 4 is 11.6 Å². The molecular formula is C20H25N5O2. The van der Waals surface area contributed by atoms with E-state index in [0.717, 1.165) is 23.1 Å². The minimum absolute atomic E-state index is 0.236. The van der Waals surface area contributed by atoms with Crippen molar-refractivity contribution in [3.8, 4) is 11.1 Å². The first-order valence-electron chi connectivity index (χ1n) is 9.24. The van der Waals surface area contributed by atoms with E-state index in [1.807, 2.05) is 57.1 Å². The minimum atomic E-state index is -0.470. The number of nitrogens with zero attached hydrogens (tertiary/aromatic N) is 5. The van der Waals surface area contributed by atoms with Gasteiger partial charge in [-0.25, -0.2) is 9.31 Å². The van der Waals surface area contributed by atoms with Crippen LogP contribution in [0.25, 0.3) is 16.6 Å². The zero-order chi connectivity index (χ0) is 19.2. The number of rotatable bonds is 2. The van der Waals surface area contributed by atoms with Gasteiger partial charge in [0.25, 0.3) is 0 Å². The molecule has 0 aliphatic carbocycles. The summed E-state index contributed by atoms with van der Waals surface area (Å²) < 4.78 is 9.20. The molecule has 1 aliphatic rings. The monoisotopic (exact) mass is 367 g/mol. The molecule has 4 rings (SSSR count). The van der Waals surface area contributed by atoms with Crippen LogP contribution in [-0.2, 0) is 11.8 Å². The molecule has 27 heavy (non-hydrogen) atoms. The van der Waals surface area contributed by atoms with Gasteiger partial charge in [0.1, 0.15) is 5.60 Å². The summed E-state index contributed by atoms with van der Waals surface area (Å²) in [6.45, 7) is 7.06. The molecule has 7 nitrogen and oxygen atoms in total. The number of fused-ring (bicyclic) bond motifs is 1. The second-order valence-corrected chi connectivity index (χ2v) is 8.16. The number of aryl methyl sites for hydroxylation is 1. The average molecular weight is 367 g/mol. The van der Waals surface area contributed by atoms with Crippen LogP contribution in [0.5, 0.6) is 0 Å². The molecule has 1 atom stereocenters. The molecule has 1 unspecified atom stereocenters. The Morgan fingerprint density at radius 3 is 2.67 bits per heavy atom. The number of carbonyl (C=O) groups excluding carboxylic acids is 1. The van der Waals surface area contributed by atoms with Gasteiger partial charge in [-0.2, -0.15) is 10.2 Å². The third kappa shape index (κ3) is 3.54. The first-order valence-corrected chi connectivity index (χ1v) is 9.24. The number of ether oxygens (including phenoxy) is 1. The second-order valence-electron chi connectivity index (χ2n) is 8.16. The highest BCUT2D eigenvalue weighted by Gasteiger charge is 2.31. The molecule has 142 valence electrons. The van der Waals surface area contributed by atoms with Crippen molar-refractivity contribution in [2.75, 3.05) is 13.1 Å². The van der Waals surface area contributed by atoms with Crippen LogP contribution in [-0.4, -0.2) is 49.1 Å². The summed E-state index contributed by atoms with van der Waals surface area (Å²) >= 11 is 0. The summed E-state index contributed by atoms with van der Waals surface area (Å²) in [7, 11) is 1.91. The number of pyridine rings is 1. The van der Waals surface area contributed by atoms with E-state index in [0.29, 0.717) is 13.1 Å². The van der Waals surface area contributed by atoms with Crippen LogP contribution in [0.15, 0.2) is 36.9 Å². The molecular weight excluding hydrogens is 342 g/mol. The number of carbonyl (C=O) groups is 1.